The van der Waals surface area contributed by atoms with Gasteiger partial charge in [-0.1, -0.05) is 30.3 Å². The first-order chi connectivity index (χ1) is 26.9. The van der Waals surface area contributed by atoms with Crippen LogP contribution in [0.2, 0.25) is 5.28 Å². The molecule has 7 heterocycles. The van der Waals surface area contributed by atoms with Crippen LogP contribution in [0.1, 0.15) is 62.4 Å². The number of rotatable bonds is 8. The minimum atomic E-state index is -1.11. The Labute approximate surface area is 337 Å². The van der Waals surface area contributed by atoms with E-state index in [0.717, 1.165) is 55.1 Å². The minimum absolute atomic E-state index is 0.0199. The summed E-state index contributed by atoms with van der Waals surface area (Å²) in [5, 5.41) is 10.0. The van der Waals surface area contributed by atoms with Crippen LogP contribution in [0.15, 0.2) is 40.1 Å². The number of piperidine rings is 3. The summed E-state index contributed by atoms with van der Waals surface area (Å²) in [7, 11) is 1.42. The molecule has 0 aliphatic carbocycles. The lowest BCUT2D eigenvalue weighted by molar-refractivity contribution is -0.132. The molecule has 15 nitrogen and oxygen atoms in total. The fourth-order valence-electron chi connectivity index (χ4n) is 8.12. The van der Waals surface area contributed by atoms with Crippen molar-refractivity contribution in [1.82, 2.24) is 35.1 Å². The summed E-state index contributed by atoms with van der Waals surface area (Å²) in [5.41, 5.74) is 2.73. The summed E-state index contributed by atoms with van der Waals surface area (Å²) in [5.74, 6) is 3.30. The number of benzene rings is 1. The number of halogens is 1. The molecule has 0 saturated carbocycles. The van der Waals surface area contributed by atoms with Crippen LogP contribution in [-0.2, 0) is 54.2 Å². The molecule has 5 aliphatic heterocycles. The first-order valence-corrected chi connectivity index (χ1v) is 22.2. The van der Waals surface area contributed by atoms with Crippen molar-refractivity contribution in [1.29, 1.82) is 0 Å². The molecule has 300 valence electrons. The number of likely N-dealkylation sites (N-methyl/N-ethyl adjacent to an activating group) is 2. The molecule has 4 atom stereocenters. The van der Waals surface area contributed by atoms with Gasteiger partial charge in [0, 0.05) is 108 Å². The smallest absolute Gasteiger partial charge is 0.227 e. The zero-order chi connectivity index (χ0) is 39.6. The maximum absolute atomic E-state index is 12.8. The standard InChI is InChI=1S/C26H34N6O3S.C12H15ClN4O2S/c1-18(33)27-17-26(19-6-4-3-5-7-19)11-13-32(14-12-26)25-29-21-10-15-36(35)23(21)24(30-25)28-20-8-9-22(34)31(2)16-20;1-17-6-7(2-3-9(17)18)14-11-10-8(4-5-20(10)19)15-12(13)16-11/h3-7,20H,8-17H2,1-2H3,(H,27,33)(H,28,29,30);7H,2-6H2,1H3,(H,14,15,16)/t20-,36?;7-,20?/m00/s1. The number of nitrogens with one attached hydrogen (secondary N) is 3. The van der Waals surface area contributed by atoms with Crippen molar-refractivity contribution in [3.63, 3.8) is 0 Å². The van der Waals surface area contributed by atoms with E-state index in [9.17, 15) is 22.8 Å². The molecule has 0 bridgehead atoms. The molecule has 0 radical (unpaired) electrons. The van der Waals surface area contributed by atoms with Gasteiger partial charge in [0.1, 0.15) is 21.4 Å². The molecule has 18 heteroatoms. The monoisotopic (exact) mass is 824 g/mol. The van der Waals surface area contributed by atoms with Crippen LogP contribution < -0.4 is 20.9 Å². The molecule has 3 N–H and O–H groups in total. The topological polar surface area (TPSA) is 183 Å². The fourth-order valence-corrected chi connectivity index (χ4v) is 10.9. The van der Waals surface area contributed by atoms with Crippen molar-refractivity contribution < 1.29 is 22.8 Å². The number of aryl methyl sites for hydroxylation is 2. The van der Waals surface area contributed by atoms with Crippen molar-refractivity contribution in [2.75, 3.05) is 73.9 Å². The average molecular weight is 825 g/mol. The number of hydrogen-bond donors (Lipinski definition) is 3. The van der Waals surface area contributed by atoms with Crippen LogP contribution in [0.5, 0.6) is 0 Å². The third-order valence-electron chi connectivity index (χ3n) is 11.3. The van der Waals surface area contributed by atoms with Gasteiger partial charge in [-0.05, 0) is 42.8 Å². The van der Waals surface area contributed by atoms with E-state index in [4.69, 9.17) is 21.6 Å². The van der Waals surface area contributed by atoms with Crippen molar-refractivity contribution in [3.05, 3.63) is 52.6 Å². The number of nitrogens with zero attached hydrogens (tertiary/aromatic N) is 7. The second-order valence-electron chi connectivity index (χ2n) is 15.2. The van der Waals surface area contributed by atoms with Crippen LogP contribution in [0.4, 0.5) is 17.6 Å². The van der Waals surface area contributed by atoms with Gasteiger partial charge in [0.15, 0.2) is 0 Å². The van der Waals surface area contributed by atoms with E-state index in [0.29, 0.717) is 79.3 Å². The zero-order valence-electron chi connectivity index (χ0n) is 32.0. The Balaban J connectivity index is 0.000000202. The molecule has 5 aliphatic rings. The minimum Gasteiger partial charge on any atom is -0.364 e. The Kier molecular flexibility index (Phi) is 12.2. The number of fused-ring (bicyclic) bond motifs is 2. The number of amides is 3. The van der Waals surface area contributed by atoms with Crippen LogP contribution in [-0.4, -0.2) is 126 Å². The van der Waals surface area contributed by atoms with Crippen LogP contribution in [0.25, 0.3) is 0 Å². The Morgan fingerprint density at radius 3 is 1.88 bits per heavy atom. The van der Waals surface area contributed by atoms with Gasteiger partial charge in [0.2, 0.25) is 29.0 Å². The highest BCUT2D eigenvalue weighted by molar-refractivity contribution is 7.85. The molecule has 3 amide bonds. The first kappa shape index (κ1) is 40.0. The normalized spacial score (nSPS) is 24.2. The Morgan fingerprint density at radius 1 is 0.804 bits per heavy atom. The molecule has 2 unspecified atom stereocenters. The summed E-state index contributed by atoms with van der Waals surface area (Å²) in [4.78, 5) is 60.2. The van der Waals surface area contributed by atoms with E-state index in [1.54, 1.807) is 23.8 Å². The van der Waals surface area contributed by atoms with Crippen LogP contribution in [0.3, 0.4) is 0 Å². The molecular formula is C38H49ClN10O5S2. The van der Waals surface area contributed by atoms with Crippen LogP contribution in [0, 0.1) is 0 Å². The molecule has 56 heavy (non-hydrogen) atoms. The number of anilines is 3. The first-order valence-electron chi connectivity index (χ1n) is 19.2. The van der Waals surface area contributed by atoms with Crippen LogP contribution >= 0.6 is 11.6 Å². The van der Waals surface area contributed by atoms with Crippen molar-refractivity contribution in [2.45, 2.75) is 85.6 Å². The largest absolute Gasteiger partial charge is 0.364 e. The highest BCUT2D eigenvalue weighted by Gasteiger charge is 2.38. The number of hydrogen-bond acceptors (Lipinski definition) is 12. The van der Waals surface area contributed by atoms with Gasteiger partial charge in [-0.2, -0.15) is 9.97 Å². The van der Waals surface area contributed by atoms with E-state index in [1.807, 2.05) is 13.1 Å². The highest BCUT2D eigenvalue weighted by Crippen LogP contribution is 2.38. The summed E-state index contributed by atoms with van der Waals surface area (Å²) in [6.07, 6.45) is 5.56. The highest BCUT2D eigenvalue weighted by atomic mass is 35.5. The fraction of sp³-hybridized carbons (Fsp3) is 0.553. The van der Waals surface area contributed by atoms with Gasteiger partial charge >= 0.3 is 0 Å². The molecule has 3 fully saturated rings. The number of aromatic nitrogens is 4. The van der Waals surface area contributed by atoms with Gasteiger partial charge in [0.25, 0.3) is 0 Å². The quantitative estimate of drug-likeness (QED) is 0.283. The second-order valence-corrected chi connectivity index (χ2v) is 18.6. The molecule has 1 aromatic carbocycles. The lowest BCUT2D eigenvalue weighted by Gasteiger charge is -2.42. The third-order valence-corrected chi connectivity index (χ3v) is 14.4. The van der Waals surface area contributed by atoms with E-state index < -0.39 is 21.6 Å². The van der Waals surface area contributed by atoms with Crippen molar-refractivity contribution >= 4 is 68.5 Å². The lowest BCUT2D eigenvalue weighted by atomic mass is 9.72. The Morgan fingerprint density at radius 2 is 1.34 bits per heavy atom. The van der Waals surface area contributed by atoms with Crippen molar-refractivity contribution in [3.8, 4) is 0 Å². The van der Waals surface area contributed by atoms with Gasteiger partial charge in [-0.15, -0.1) is 0 Å². The number of likely N-dealkylation sites (tertiary alicyclic amines) is 2. The van der Waals surface area contributed by atoms with Gasteiger partial charge < -0.3 is 30.7 Å². The predicted octanol–water partition coefficient (Wildman–Crippen LogP) is 2.67. The van der Waals surface area contributed by atoms with E-state index in [1.165, 1.54) is 5.56 Å². The Hall–Kier alpha value is -4.22. The molecule has 2 aromatic heterocycles. The lowest BCUT2D eigenvalue weighted by Crippen LogP contribution is -2.49. The molecule has 0 spiro atoms. The summed E-state index contributed by atoms with van der Waals surface area (Å²) >= 11 is 5.92. The molecular weight excluding hydrogens is 776 g/mol. The molecule has 8 rings (SSSR count). The number of carbonyl (C=O) groups is 3. The van der Waals surface area contributed by atoms with Gasteiger partial charge in [-0.3, -0.25) is 22.8 Å². The Bertz CT molecular complexity index is 2030. The average Bonchev–Trinajstić information content (AvgIpc) is 3.76. The second kappa shape index (κ2) is 17.1. The van der Waals surface area contributed by atoms with E-state index in [-0.39, 0.29) is 40.5 Å². The van der Waals surface area contributed by atoms with Gasteiger partial charge in [0.05, 0.1) is 33.0 Å². The summed E-state index contributed by atoms with van der Waals surface area (Å²) < 4.78 is 24.8. The van der Waals surface area contributed by atoms with Gasteiger partial charge in [-0.25, -0.2) is 9.97 Å². The maximum atomic E-state index is 12.8. The summed E-state index contributed by atoms with van der Waals surface area (Å²) in [6, 6.07) is 10.6. The SMILES string of the molecule is CC(=O)NCC1(c2ccccc2)CCN(c2nc3c(c(N[C@H]4CCC(=O)N(C)C4)n2)S(=O)CC3)CC1.CN1C[C@@H](Nc2nc(Cl)nc3c2S(=O)CC3)CCC1=O. The zero-order valence-corrected chi connectivity index (χ0v) is 34.4. The van der Waals surface area contributed by atoms with E-state index >= 15 is 0 Å². The number of carbonyl (C=O) groups excluding carboxylic acids is 3. The summed E-state index contributed by atoms with van der Waals surface area (Å²) in [6.45, 7) is 4.90. The maximum Gasteiger partial charge on any atom is 0.227 e. The predicted molar refractivity (Wildman–Crippen MR) is 216 cm³/mol. The molecule has 3 saturated heterocycles. The third kappa shape index (κ3) is 8.84. The van der Waals surface area contributed by atoms with E-state index in [2.05, 4.69) is 55.1 Å². The van der Waals surface area contributed by atoms with Crippen molar-refractivity contribution in [2.24, 2.45) is 0 Å². The molecule has 3 aromatic rings.